The Morgan fingerprint density at radius 3 is 3.05 bits per heavy atom. The van der Waals surface area contributed by atoms with E-state index < -0.39 is 0 Å². The van der Waals surface area contributed by atoms with Crippen molar-refractivity contribution >= 4 is 11.4 Å². The minimum Gasteiger partial charge on any atom is -0.348 e. The molecule has 5 heteroatoms. The maximum Gasteiger partial charge on any atom is 0.253 e. The molecule has 0 unspecified atom stereocenters. The van der Waals surface area contributed by atoms with Crippen LogP contribution in [-0.2, 0) is 0 Å². The Morgan fingerprint density at radius 2 is 2.21 bits per heavy atom. The minimum atomic E-state index is -0.0616. The van der Waals surface area contributed by atoms with Crippen LogP contribution < -0.4 is 11.1 Å². The third-order valence-corrected chi connectivity index (χ3v) is 3.82. The van der Waals surface area contributed by atoms with Gasteiger partial charge in [-0.3, -0.25) is 4.79 Å². The Morgan fingerprint density at radius 1 is 1.37 bits per heavy atom. The van der Waals surface area contributed by atoms with Crippen molar-refractivity contribution < 1.29 is 4.79 Å². The van der Waals surface area contributed by atoms with E-state index >= 15 is 0 Å². The molecule has 0 radical (unpaired) electrons. The molecule has 19 heavy (non-hydrogen) atoms. The molecular formula is C14H18N4O. The van der Waals surface area contributed by atoms with E-state index in [0.717, 1.165) is 31.2 Å². The quantitative estimate of drug-likeness (QED) is 0.853. The van der Waals surface area contributed by atoms with Crippen molar-refractivity contribution in [3.05, 3.63) is 36.2 Å². The summed E-state index contributed by atoms with van der Waals surface area (Å²) < 4.78 is 1.70. The second kappa shape index (κ2) is 5.01. The van der Waals surface area contributed by atoms with Crippen LogP contribution in [0.2, 0.25) is 0 Å². The summed E-state index contributed by atoms with van der Waals surface area (Å²) in [6.07, 6.45) is 7.77. The number of aromatic nitrogens is 2. The van der Waals surface area contributed by atoms with Gasteiger partial charge in [0.05, 0.1) is 17.3 Å². The predicted molar refractivity (Wildman–Crippen MR) is 72.9 cm³/mol. The number of nitrogens with two attached hydrogens (primary N) is 1. The van der Waals surface area contributed by atoms with Crippen molar-refractivity contribution in [3.63, 3.8) is 0 Å². The van der Waals surface area contributed by atoms with Crippen LogP contribution in [0, 0.1) is 0 Å². The van der Waals surface area contributed by atoms with Gasteiger partial charge in [-0.2, -0.15) is 5.10 Å². The lowest BCUT2D eigenvalue weighted by Crippen LogP contribution is -2.49. The van der Waals surface area contributed by atoms with Crippen molar-refractivity contribution in [2.45, 2.75) is 37.8 Å². The second-order valence-corrected chi connectivity index (χ2v) is 5.11. The zero-order valence-electron chi connectivity index (χ0n) is 10.7. The summed E-state index contributed by atoms with van der Waals surface area (Å²) in [6.45, 7) is 0. The fourth-order valence-corrected chi connectivity index (χ4v) is 2.73. The Kier molecular flexibility index (Phi) is 3.21. The zero-order valence-corrected chi connectivity index (χ0v) is 10.7. The molecule has 1 fully saturated rings. The monoisotopic (exact) mass is 258 g/mol. The Balaban J connectivity index is 1.82. The van der Waals surface area contributed by atoms with Crippen LogP contribution in [0.5, 0.6) is 0 Å². The van der Waals surface area contributed by atoms with Crippen LogP contribution in [0.3, 0.4) is 0 Å². The highest BCUT2D eigenvalue weighted by atomic mass is 16.1. The van der Waals surface area contributed by atoms with E-state index in [9.17, 15) is 4.79 Å². The standard InChI is InChI=1S/C14H18N4O/c15-11-5-1-2-6-12(11)17-14(19)10-4-3-9-18-13(10)7-8-16-18/h3-4,7-9,11-12H,1-2,5-6,15H2,(H,17,19)/t11-,12+/m0/s1. The molecule has 3 rings (SSSR count). The largest absolute Gasteiger partial charge is 0.348 e. The summed E-state index contributed by atoms with van der Waals surface area (Å²) in [4.78, 5) is 12.4. The highest BCUT2D eigenvalue weighted by Gasteiger charge is 2.24. The van der Waals surface area contributed by atoms with Crippen molar-refractivity contribution in [1.82, 2.24) is 14.9 Å². The smallest absolute Gasteiger partial charge is 0.253 e. The van der Waals surface area contributed by atoms with Crippen LogP contribution >= 0.6 is 0 Å². The van der Waals surface area contributed by atoms with Crippen molar-refractivity contribution in [2.75, 3.05) is 0 Å². The molecule has 1 aliphatic carbocycles. The fraction of sp³-hybridized carbons (Fsp3) is 0.429. The van der Waals surface area contributed by atoms with Gasteiger partial charge in [0.2, 0.25) is 0 Å². The van der Waals surface area contributed by atoms with Gasteiger partial charge in [0.1, 0.15) is 0 Å². The van der Waals surface area contributed by atoms with Gasteiger partial charge >= 0.3 is 0 Å². The highest BCUT2D eigenvalue weighted by molar-refractivity contribution is 6.00. The molecule has 1 aliphatic rings. The van der Waals surface area contributed by atoms with E-state index in [1.807, 2.05) is 24.4 Å². The topological polar surface area (TPSA) is 72.4 Å². The molecule has 2 atom stereocenters. The molecule has 0 aliphatic heterocycles. The first-order valence-corrected chi connectivity index (χ1v) is 6.74. The first kappa shape index (κ1) is 12.2. The van der Waals surface area contributed by atoms with E-state index in [0.29, 0.717) is 5.56 Å². The van der Waals surface area contributed by atoms with Crippen LogP contribution in [0.1, 0.15) is 36.0 Å². The number of nitrogens with one attached hydrogen (secondary N) is 1. The number of hydrogen-bond acceptors (Lipinski definition) is 3. The first-order valence-electron chi connectivity index (χ1n) is 6.74. The van der Waals surface area contributed by atoms with Crippen LogP contribution in [0.4, 0.5) is 0 Å². The molecule has 100 valence electrons. The Hall–Kier alpha value is -1.88. The summed E-state index contributed by atoms with van der Waals surface area (Å²) in [5, 5.41) is 7.20. The molecule has 1 amide bonds. The Bertz CT molecular complexity index is 592. The van der Waals surface area contributed by atoms with Gasteiger partial charge in [0.15, 0.2) is 0 Å². The molecule has 0 spiro atoms. The lowest BCUT2D eigenvalue weighted by atomic mass is 9.91. The summed E-state index contributed by atoms with van der Waals surface area (Å²) in [5.41, 5.74) is 7.54. The number of rotatable bonds is 2. The van der Waals surface area contributed by atoms with Gasteiger partial charge in [-0.1, -0.05) is 12.8 Å². The maximum atomic E-state index is 12.4. The maximum absolute atomic E-state index is 12.4. The van der Waals surface area contributed by atoms with Gasteiger partial charge in [-0.25, -0.2) is 4.52 Å². The number of pyridine rings is 1. The van der Waals surface area contributed by atoms with Crippen molar-refractivity contribution in [1.29, 1.82) is 0 Å². The van der Waals surface area contributed by atoms with E-state index in [1.54, 1.807) is 10.7 Å². The van der Waals surface area contributed by atoms with E-state index in [4.69, 9.17) is 5.73 Å². The third kappa shape index (κ3) is 2.33. The lowest BCUT2D eigenvalue weighted by Gasteiger charge is -2.29. The normalized spacial score (nSPS) is 23.4. The number of fused-ring (bicyclic) bond motifs is 1. The Labute approximate surface area is 111 Å². The molecule has 0 bridgehead atoms. The lowest BCUT2D eigenvalue weighted by molar-refractivity contribution is 0.0922. The number of amides is 1. The minimum absolute atomic E-state index is 0.0616. The van der Waals surface area contributed by atoms with Crippen LogP contribution in [0.25, 0.3) is 5.52 Å². The van der Waals surface area contributed by atoms with Gasteiger partial charge in [0.25, 0.3) is 5.91 Å². The van der Waals surface area contributed by atoms with Gasteiger partial charge in [-0.15, -0.1) is 0 Å². The van der Waals surface area contributed by atoms with Crippen LogP contribution in [0.15, 0.2) is 30.6 Å². The molecule has 0 saturated heterocycles. The highest BCUT2D eigenvalue weighted by Crippen LogP contribution is 2.18. The number of nitrogens with zero attached hydrogens (tertiary/aromatic N) is 2. The predicted octanol–water partition coefficient (Wildman–Crippen LogP) is 1.33. The summed E-state index contributed by atoms with van der Waals surface area (Å²) in [5.74, 6) is -0.0616. The number of carbonyl (C=O) groups is 1. The van der Waals surface area contributed by atoms with Gasteiger partial charge in [-0.05, 0) is 31.0 Å². The number of hydrogen-bond donors (Lipinski definition) is 2. The second-order valence-electron chi connectivity index (χ2n) is 5.11. The average Bonchev–Trinajstić information content (AvgIpc) is 2.89. The molecule has 1 saturated carbocycles. The zero-order chi connectivity index (χ0) is 13.2. The third-order valence-electron chi connectivity index (χ3n) is 3.82. The van der Waals surface area contributed by atoms with E-state index in [2.05, 4.69) is 10.4 Å². The summed E-state index contributed by atoms with van der Waals surface area (Å²) in [7, 11) is 0. The first-order chi connectivity index (χ1) is 9.25. The molecule has 5 nitrogen and oxygen atoms in total. The molecule has 0 aromatic carbocycles. The van der Waals surface area contributed by atoms with Gasteiger partial charge < -0.3 is 11.1 Å². The van der Waals surface area contributed by atoms with Crippen molar-refractivity contribution in [2.24, 2.45) is 5.73 Å². The van der Waals surface area contributed by atoms with Crippen LogP contribution in [-0.4, -0.2) is 27.6 Å². The molecule has 3 N–H and O–H groups in total. The van der Waals surface area contributed by atoms with Crippen molar-refractivity contribution in [3.8, 4) is 0 Å². The SMILES string of the molecule is N[C@H]1CCCC[C@H]1NC(=O)c1cccn2nccc12. The summed E-state index contributed by atoms with van der Waals surface area (Å²) in [6, 6.07) is 5.65. The molecule has 2 aromatic heterocycles. The number of carbonyl (C=O) groups excluding carboxylic acids is 1. The van der Waals surface area contributed by atoms with E-state index in [1.165, 1.54) is 0 Å². The molecule has 2 aromatic rings. The van der Waals surface area contributed by atoms with Gasteiger partial charge in [0, 0.05) is 18.3 Å². The van der Waals surface area contributed by atoms with E-state index in [-0.39, 0.29) is 18.0 Å². The summed E-state index contributed by atoms with van der Waals surface area (Å²) >= 11 is 0. The molecular weight excluding hydrogens is 240 g/mol. The molecule has 2 heterocycles. The fourth-order valence-electron chi connectivity index (χ4n) is 2.73. The average molecular weight is 258 g/mol.